The normalized spacial score (nSPS) is 17.1. The van der Waals surface area contributed by atoms with Gasteiger partial charge in [0.25, 0.3) is 0 Å². The van der Waals surface area contributed by atoms with Crippen molar-refractivity contribution in [3.8, 4) is 0 Å². The van der Waals surface area contributed by atoms with Crippen molar-refractivity contribution in [3.63, 3.8) is 0 Å². The maximum absolute atomic E-state index is 13.2. The third kappa shape index (κ3) is 3.62. The number of Topliss-reactive ketones (excluding diaryl/α,β-unsaturated/α-hetero) is 1. The Morgan fingerprint density at radius 3 is 2.64 bits per heavy atom. The third-order valence-electron chi connectivity index (χ3n) is 4.71. The number of carbonyl (C=O) groups is 2. The number of aryl methyl sites for hydroxylation is 1. The first-order chi connectivity index (χ1) is 12.0. The molecule has 0 N–H and O–H groups in total. The van der Waals surface area contributed by atoms with E-state index in [2.05, 4.69) is 0 Å². The monoisotopic (exact) mass is 346 g/mol. The largest absolute Gasteiger partial charge is 0.353 e. The summed E-state index contributed by atoms with van der Waals surface area (Å²) in [6, 6.07) is 7.03. The van der Waals surface area contributed by atoms with Gasteiger partial charge in [-0.2, -0.15) is 0 Å². The summed E-state index contributed by atoms with van der Waals surface area (Å²) in [7, 11) is 1.95. The van der Waals surface area contributed by atoms with Crippen LogP contribution in [0.25, 0.3) is 0 Å². The van der Waals surface area contributed by atoms with Crippen LogP contribution in [0.2, 0.25) is 0 Å². The molecule has 2 heterocycles. The van der Waals surface area contributed by atoms with Crippen molar-refractivity contribution in [1.29, 1.82) is 0 Å². The molecule has 1 atom stereocenters. The number of carbonyl (C=O) groups excluding carboxylic acids is 2. The van der Waals surface area contributed by atoms with Crippen LogP contribution in [0.3, 0.4) is 0 Å². The molecule has 1 aliphatic rings. The molecule has 1 saturated heterocycles. The summed E-state index contributed by atoms with van der Waals surface area (Å²) in [5.41, 5.74) is 1.17. The van der Waals surface area contributed by atoms with E-state index < -0.39 is 11.6 Å². The Morgan fingerprint density at radius 2 is 1.96 bits per heavy atom. The molecular formula is C19H20F2N2O2. The maximum Gasteiger partial charge on any atom is 0.223 e. The summed E-state index contributed by atoms with van der Waals surface area (Å²) in [5.74, 6) is -2.49. The fourth-order valence-electron chi connectivity index (χ4n) is 3.37. The zero-order valence-electron chi connectivity index (χ0n) is 14.0. The topological polar surface area (TPSA) is 42.3 Å². The second-order valence-electron chi connectivity index (χ2n) is 6.34. The second kappa shape index (κ2) is 7.17. The Balaban J connectivity index is 1.63. The fourth-order valence-corrected chi connectivity index (χ4v) is 3.37. The average Bonchev–Trinajstić information content (AvgIpc) is 3.23. The highest BCUT2D eigenvalue weighted by Crippen LogP contribution is 2.32. The van der Waals surface area contributed by atoms with Gasteiger partial charge >= 0.3 is 0 Å². The lowest BCUT2D eigenvalue weighted by molar-refractivity contribution is -0.132. The van der Waals surface area contributed by atoms with Gasteiger partial charge in [-0.3, -0.25) is 9.59 Å². The van der Waals surface area contributed by atoms with Crippen molar-refractivity contribution in [2.75, 3.05) is 6.54 Å². The van der Waals surface area contributed by atoms with Gasteiger partial charge in [0.15, 0.2) is 17.4 Å². The number of benzene rings is 1. The summed E-state index contributed by atoms with van der Waals surface area (Å²) >= 11 is 0. The quantitative estimate of drug-likeness (QED) is 0.776. The third-order valence-corrected chi connectivity index (χ3v) is 4.71. The molecule has 6 heteroatoms. The van der Waals surface area contributed by atoms with Gasteiger partial charge in [0, 0.05) is 43.9 Å². The van der Waals surface area contributed by atoms with Gasteiger partial charge in [0.1, 0.15) is 0 Å². The molecule has 1 aromatic heterocycles. The van der Waals surface area contributed by atoms with Gasteiger partial charge < -0.3 is 9.47 Å². The van der Waals surface area contributed by atoms with E-state index in [9.17, 15) is 18.4 Å². The van der Waals surface area contributed by atoms with Crippen molar-refractivity contribution in [1.82, 2.24) is 9.47 Å². The molecule has 1 fully saturated rings. The summed E-state index contributed by atoms with van der Waals surface area (Å²) in [4.78, 5) is 26.5. The van der Waals surface area contributed by atoms with Crippen LogP contribution >= 0.6 is 0 Å². The number of rotatable bonds is 5. The Hall–Kier alpha value is -2.50. The Labute approximate surface area is 145 Å². The van der Waals surface area contributed by atoms with Crippen molar-refractivity contribution in [3.05, 3.63) is 59.4 Å². The molecule has 0 bridgehead atoms. The molecule has 0 saturated carbocycles. The molecule has 3 rings (SSSR count). The van der Waals surface area contributed by atoms with Gasteiger partial charge in [-0.05, 0) is 43.2 Å². The van der Waals surface area contributed by atoms with Crippen molar-refractivity contribution >= 4 is 11.7 Å². The van der Waals surface area contributed by atoms with Crippen LogP contribution in [0.1, 0.15) is 47.8 Å². The van der Waals surface area contributed by atoms with Crippen LogP contribution in [-0.2, 0) is 11.8 Å². The molecule has 1 aliphatic heterocycles. The standard InChI is InChI=1S/C19H20F2N2O2/c1-22-10-2-4-16(22)17-5-3-11-23(17)19(25)9-8-18(24)13-6-7-14(20)15(21)12-13/h2,4,6-7,10,12,17H,3,5,8-9,11H2,1H3. The van der Waals surface area contributed by atoms with Crippen molar-refractivity contribution in [2.24, 2.45) is 7.05 Å². The van der Waals surface area contributed by atoms with Gasteiger partial charge in [0.2, 0.25) is 5.91 Å². The Kier molecular flexibility index (Phi) is 4.97. The first-order valence-corrected chi connectivity index (χ1v) is 8.36. The molecule has 0 spiro atoms. The number of aromatic nitrogens is 1. The number of ketones is 1. The zero-order chi connectivity index (χ0) is 18.0. The molecule has 1 amide bonds. The van der Waals surface area contributed by atoms with Crippen LogP contribution < -0.4 is 0 Å². The SMILES string of the molecule is Cn1cccc1C1CCCN1C(=O)CCC(=O)c1ccc(F)c(F)c1. The van der Waals surface area contributed by atoms with E-state index in [1.54, 1.807) is 0 Å². The summed E-state index contributed by atoms with van der Waals surface area (Å²) in [5, 5.41) is 0. The van der Waals surface area contributed by atoms with E-state index in [1.165, 1.54) is 6.07 Å². The molecule has 1 unspecified atom stereocenters. The van der Waals surface area contributed by atoms with Gasteiger partial charge in [-0.25, -0.2) is 8.78 Å². The van der Waals surface area contributed by atoms with E-state index in [4.69, 9.17) is 0 Å². The first kappa shape index (κ1) is 17.3. The minimum atomic E-state index is -1.06. The van der Waals surface area contributed by atoms with E-state index in [0.29, 0.717) is 6.54 Å². The molecule has 2 aromatic rings. The van der Waals surface area contributed by atoms with E-state index in [0.717, 1.165) is 30.7 Å². The van der Waals surface area contributed by atoms with E-state index >= 15 is 0 Å². The number of amides is 1. The number of hydrogen-bond donors (Lipinski definition) is 0. The predicted octanol–water partition coefficient (Wildman–Crippen LogP) is 3.63. The maximum atomic E-state index is 13.2. The van der Waals surface area contributed by atoms with Gasteiger partial charge in [-0.1, -0.05) is 0 Å². The fraction of sp³-hybridized carbons (Fsp3) is 0.368. The molecule has 25 heavy (non-hydrogen) atoms. The molecule has 4 nitrogen and oxygen atoms in total. The predicted molar refractivity (Wildman–Crippen MR) is 89.0 cm³/mol. The van der Waals surface area contributed by atoms with Crippen molar-refractivity contribution in [2.45, 2.75) is 31.7 Å². The number of nitrogens with zero attached hydrogens (tertiary/aromatic N) is 2. The highest BCUT2D eigenvalue weighted by atomic mass is 19.2. The highest BCUT2D eigenvalue weighted by Gasteiger charge is 2.31. The van der Waals surface area contributed by atoms with Gasteiger partial charge in [0.05, 0.1) is 6.04 Å². The van der Waals surface area contributed by atoms with Crippen LogP contribution in [0.5, 0.6) is 0 Å². The van der Waals surface area contributed by atoms with Gasteiger partial charge in [-0.15, -0.1) is 0 Å². The zero-order valence-corrected chi connectivity index (χ0v) is 14.0. The van der Waals surface area contributed by atoms with Crippen molar-refractivity contribution < 1.29 is 18.4 Å². The smallest absolute Gasteiger partial charge is 0.223 e. The van der Waals surface area contributed by atoms with Crippen LogP contribution in [0.4, 0.5) is 8.78 Å². The lowest BCUT2D eigenvalue weighted by Gasteiger charge is -2.25. The number of halogens is 2. The molecule has 132 valence electrons. The van der Waals surface area contributed by atoms with Crippen LogP contribution in [-0.4, -0.2) is 27.7 Å². The van der Waals surface area contributed by atoms with E-state index in [1.807, 2.05) is 34.8 Å². The number of likely N-dealkylation sites (tertiary alicyclic amines) is 1. The van der Waals surface area contributed by atoms with Crippen LogP contribution in [0, 0.1) is 11.6 Å². The Morgan fingerprint density at radius 1 is 1.16 bits per heavy atom. The molecule has 0 radical (unpaired) electrons. The van der Waals surface area contributed by atoms with E-state index in [-0.39, 0.29) is 36.1 Å². The summed E-state index contributed by atoms with van der Waals surface area (Å²) < 4.78 is 28.2. The molecular weight excluding hydrogens is 326 g/mol. The van der Waals surface area contributed by atoms with Crippen LogP contribution in [0.15, 0.2) is 36.5 Å². The minimum absolute atomic E-state index is 0.0136. The number of hydrogen-bond acceptors (Lipinski definition) is 2. The minimum Gasteiger partial charge on any atom is -0.353 e. The summed E-state index contributed by atoms with van der Waals surface area (Å²) in [6.45, 7) is 0.675. The lowest BCUT2D eigenvalue weighted by Crippen LogP contribution is -2.31. The average molecular weight is 346 g/mol. The Bertz CT molecular complexity index is 800. The highest BCUT2D eigenvalue weighted by molar-refractivity contribution is 5.98. The molecule has 1 aromatic carbocycles. The summed E-state index contributed by atoms with van der Waals surface area (Å²) in [6.07, 6.45) is 3.83. The molecule has 0 aliphatic carbocycles. The first-order valence-electron chi connectivity index (χ1n) is 8.36. The second-order valence-corrected chi connectivity index (χ2v) is 6.34. The lowest BCUT2D eigenvalue weighted by atomic mass is 10.1.